The lowest BCUT2D eigenvalue weighted by Gasteiger charge is -2.09. The number of nitrogens with two attached hydrogens (primary N) is 1. The number of nitrogen functional groups attached to an aromatic ring is 1. The van der Waals surface area contributed by atoms with Gasteiger partial charge < -0.3 is 15.0 Å². The van der Waals surface area contributed by atoms with Gasteiger partial charge >= 0.3 is 5.97 Å². The Bertz CT molecular complexity index is 619. The molecule has 2 N–H and O–H groups in total. The van der Waals surface area contributed by atoms with Crippen molar-refractivity contribution in [1.29, 1.82) is 0 Å². The number of aromatic nitrogens is 2. The minimum Gasteiger partial charge on any atom is -0.464 e. The van der Waals surface area contributed by atoms with Gasteiger partial charge in [-0.1, -0.05) is 26.3 Å². The number of hydrogen-bond donors (Lipinski definition) is 1. The van der Waals surface area contributed by atoms with E-state index in [4.69, 9.17) is 10.5 Å². The quantitative estimate of drug-likeness (QED) is 0.628. The van der Waals surface area contributed by atoms with E-state index >= 15 is 0 Å². The second kappa shape index (κ2) is 7.11. The zero-order valence-electron chi connectivity index (χ0n) is 12.8. The zero-order valence-corrected chi connectivity index (χ0v) is 12.8. The number of para-hydroxylation sites is 1. The molecule has 0 unspecified atom stereocenters. The summed E-state index contributed by atoms with van der Waals surface area (Å²) in [7, 11) is 0. The molecule has 5 heteroatoms. The number of esters is 1. The van der Waals surface area contributed by atoms with Gasteiger partial charge in [-0.05, 0) is 25.0 Å². The summed E-state index contributed by atoms with van der Waals surface area (Å²) in [5.74, 6) is 0.675. The molecular formula is C16H23N3O2. The van der Waals surface area contributed by atoms with Gasteiger partial charge in [0.25, 0.3) is 0 Å². The van der Waals surface area contributed by atoms with Gasteiger partial charge in [0.1, 0.15) is 17.9 Å². The van der Waals surface area contributed by atoms with Crippen LogP contribution in [0.1, 0.15) is 38.9 Å². The standard InChI is InChI=1S/C16H23N3O2/c1-3-5-9-14-18-16-12(17)7-6-8-13(16)19(14)11-15(20)21-10-4-2/h6-8H,3-5,9-11,17H2,1-2H3. The van der Waals surface area contributed by atoms with Crippen molar-refractivity contribution in [2.45, 2.75) is 46.1 Å². The molecule has 0 saturated carbocycles. The summed E-state index contributed by atoms with van der Waals surface area (Å²) in [5, 5.41) is 0. The van der Waals surface area contributed by atoms with Crippen molar-refractivity contribution in [2.24, 2.45) is 0 Å². The first-order chi connectivity index (χ1) is 10.2. The number of aryl methyl sites for hydroxylation is 1. The third kappa shape index (κ3) is 3.54. The average molecular weight is 289 g/mol. The van der Waals surface area contributed by atoms with Crippen molar-refractivity contribution in [3.05, 3.63) is 24.0 Å². The lowest BCUT2D eigenvalue weighted by atomic mass is 10.2. The van der Waals surface area contributed by atoms with Crippen LogP contribution >= 0.6 is 0 Å². The fourth-order valence-electron chi connectivity index (χ4n) is 2.31. The first-order valence-corrected chi connectivity index (χ1v) is 7.56. The predicted octanol–water partition coefficient (Wildman–Crippen LogP) is 2.91. The van der Waals surface area contributed by atoms with Crippen LogP contribution < -0.4 is 5.73 Å². The van der Waals surface area contributed by atoms with Crippen LogP contribution in [0, 0.1) is 0 Å². The van der Waals surface area contributed by atoms with E-state index in [1.165, 1.54) is 0 Å². The third-order valence-electron chi connectivity index (χ3n) is 3.40. The molecule has 0 saturated heterocycles. The highest BCUT2D eigenvalue weighted by molar-refractivity contribution is 5.88. The average Bonchev–Trinajstić information content (AvgIpc) is 2.82. The Labute approximate surface area is 125 Å². The summed E-state index contributed by atoms with van der Waals surface area (Å²) in [6.07, 6.45) is 3.78. The van der Waals surface area contributed by atoms with E-state index in [9.17, 15) is 4.79 Å². The molecule has 0 radical (unpaired) electrons. The maximum Gasteiger partial charge on any atom is 0.326 e. The van der Waals surface area contributed by atoms with Gasteiger partial charge in [0.15, 0.2) is 0 Å². The molecule has 114 valence electrons. The molecule has 0 aliphatic heterocycles. The molecule has 1 heterocycles. The van der Waals surface area contributed by atoms with E-state index in [1.54, 1.807) is 0 Å². The Hall–Kier alpha value is -2.04. The van der Waals surface area contributed by atoms with Crippen molar-refractivity contribution >= 4 is 22.7 Å². The van der Waals surface area contributed by atoms with Crippen molar-refractivity contribution in [1.82, 2.24) is 9.55 Å². The number of carbonyl (C=O) groups is 1. The smallest absolute Gasteiger partial charge is 0.326 e. The Morgan fingerprint density at radius 1 is 1.33 bits per heavy atom. The van der Waals surface area contributed by atoms with E-state index in [0.717, 1.165) is 42.5 Å². The second-order valence-corrected chi connectivity index (χ2v) is 5.15. The summed E-state index contributed by atoms with van der Waals surface area (Å²) < 4.78 is 7.11. The van der Waals surface area contributed by atoms with Gasteiger partial charge in [-0.3, -0.25) is 4.79 Å². The van der Waals surface area contributed by atoms with Crippen molar-refractivity contribution in [3.8, 4) is 0 Å². The number of ether oxygens (including phenoxy) is 1. The molecule has 0 fully saturated rings. The van der Waals surface area contributed by atoms with E-state index in [-0.39, 0.29) is 12.5 Å². The Morgan fingerprint density at radius 2 is 2.14 bits per heavy atom. The monoisotopic (exact) mass is 289 g/mol. The van der Waals surface area contributed by atoms with Gasteiger partial charge in [0, 0.05) is 6.42 Å². The molecule has 0 aliphatic carbocycles. The molecule has 0 spiro atoms. The molecule has 0 aliphatic rings. The summed E-state index contributed by atoms with van der Waals surface area (Å²) in [6.45, 7) is 4.76. The van der Waals surface area contributed by atoms with Crippen LogP contribution in [0.2, 0.25) is 0 Å². The third-order valence-corrected chi connectivity index (χ3v) is 3.40. The van der Waals surface area contributed by atoms with Gasteiger partial charge in [0.05, 0.1) is 17.8 Å². The lowest BCUT2D eigenvalue weighted by molar-refractivity contribution is -0.144. The fraction of sp³-hybridized carbons (Fsp3) is 0.500. The Morgan fingerprint density at radius 3 is 2.86 bits per heavy atom. The summed E-state index contributed by atoms with van der Waals surface area (Å²) >= 11 is 0. The number of anilines is 1. The molecule has 5 nitrogen and oxygen atoms in total. The maximum absolute atomic E-state index is 11.9. The van der Waals surface area contributed by atoms with Crippen LogP contribution in [0.4, 0.5) is 5.69 Å². The highest BCUT2D eigenvalue weighted by atomic mass is 16.5. The largest absolute Gasteiger partial charge is 0.464 e. The van der Waals surface area contributed by atoms with E-state index in [2.05, 4.69) is 11.9 Å². The Balaban J connectivity index is 2.33. The van der Waals surface area contributed by atoms with Crippen molar-refractivity contribution < 1.29 is 9.53 Å². The first-order valence-electron chi connectivity index (χ1n) is 7.56. The minimum absolute atomic E-state index is 0.193. The molecule has 0 amide bonds. The van der Waals surface area contributed by atoms with Gasteiger partial charge in [-0.2, -0.15) is 0 Å². The second-order valence-electron chi connectivity index (χ2n) is 5.15. The fourth-order valence-corrected chi connectivity index (χ4v) is 2.31. The predicted molar refractivity (Wildman–Crippen MR) is 84.0 cm³/mol. The van der Waals surface area contributed by atoms with Crippen LogP contribution in [0.3, 0.4) is 0 Å². The topological polar surface area (TPSA) is 70.1 Å². The number of rotatable bonds is 7. The van der Waals surface area contributed by atoms with E-state index in [1.807, 2.05) is 29.7 Å². The number of fused-ring (bicyclic) bond motifs is 1. The normalized spacial score (nSPS) is 11.0. The number of benzene rings is 1. The van der Waals surface area contributed by atoms with Crippen LogP contribution in [-0.4, -0.2) is 22.1 Å². The van der Waals surface area contributed by atoms with Crippen molar-refractivity contribution in [3.63, 3.8) is 0 Å². The summed E-state index contributed by atoms with van der Waals surface area (Å²) in [4.78, 5) is 16.5. The lowest BCUT2D eigenvalue weighted by Crippen LogP contribution is -2.16. The maximum atomic E-state index is 11.9. The van der Waals surface area contributed by atoms with Crippen LogP contribution in [0.25, 0.3) is 11.0 Å². The van der Waals surface area contributed by atoms with E-state index < -0.39 is 0 Å². The summed E-state index contributed by atoms with van der Waals surface area (Å²) in [6, 6.07) is 5.66. The first kappa shape index (κ1) is 15.4. The molecule has 0 bridgehead atoms. The molecule has 1 aromatic carbocycles. The van der Waals surface area contributed by atoms with Crippen LogP contribution in [0.5, 0.6) is 0 Å². The minimum atomic E-state index is -0.226. The molecule has 1 aromatic heterocycles. The van der Waals surface area contributed by atoms with Crippen LogP contribution in [0.15, 0.2) is 18.2 Å². The zero-order chi connectivity index (χ0) is 15.2. The number of hydrogen-bond acceptors (Lipinski definition) is 4. The number of carbonyl (C=O) groups excluding carboxylic acids is 1. The molecule has 2 aromatic rings. The highest BCUT2D eigenvalue weighted by Gasteiger charge is 2.15. The van der Waals surface area contributed by atoms with E-state index in [0.29, 0.717) is 12.3 Å². The number of unbranched alkanes of at least 4 members (excludes halogenated alkanes) is 1. The van der Waals surface area contributed by atoms with Crippen LogP contribution in [-0.2, 0) is 22.5 Å². The van der Waals surface area contributed by atoms with Gasteiger partial charge in [0.2, 0.25) is 0 Å². The molecular weight excluding hydrogens is 266 g/mol. The van der Waals surface area contributed by atoms with Crippen molar-refractivity contribution in [2.75, 3.05) is 12.3 Å². The van der Waals surface area contributed by atoms with Gasteiger partial charge in [-0.15, -0.1) is 0 Å². The SMILES string of the molecule is CCCCc1nc2c(N)cccc2n1CC(=O)OCCC. The highest BCUT2D eigenvalue weighted by Crippen LogP contribution is 2.23. The summed E-state index contributed by atoms with van der Waals surface area (Å²) in [5.41, 5.74) is 8.30. The molecule has 21 heavy (non-hydrogen) atoms. The Kier molecular flexibility index (Phi) is 5.20. The number of nitrogens with zero attached hydrogens (tertiary/aromatic N) is 2. The molecule has 2 rings (SSSR count). The number of imidazole rings is 1. The van der Waals surface area contributed by atoms with Gasteiger partial charge in [-0.25, -0.2) is 4.98 Å². The molecule has 0 atom stereocenters.